The van der Waals surface area contributed by atoms with Crippen LogP contribution in [0.1, 0.15) is 29.9 Å². The Hall–Kier alpha value is -2.74. The van der Waals surface area contributed by atoms with Crippen molar-refractivity contribution in [1.82, 2.24) is 9.21 Å². The van der Waals surface area contributed by atoms with Crippen LogP contribution in [0.15, 0.2) is 83.6 Å². The molecule has 7 heteroatoms. The molecule has 3 rings (SSSR count). The van der Waals surface area contributed by atoms with E-state index in [9.17, 15) is 13.2 Å². The summed E-state index contributed by atoms with van der Waals surface area (Å²) < 4.78 is 27.6. The second-order valence-corrected chi connectivity index (χ2v) is 11.1. The van der Waals surface area contributed by atoms with Crippen LogP contribution in [-0.2, 0) is 27.9 Å². The van der Waals surface area contributed by atoms with E-state index in [1.807, 2.05) is 92.0 Å². The number of hydrogen-bond acceptors (Lipinski definition) is 4. The van der Waals surface area contributed by atoms with Crippen LogP contribution in [0.25, 0.3) is 6.08 Å². The fourth-order valence-corrected chi connectivity index (χ4v) is 5.38. The molecule has 3 aromatic rings. The van der Waals surface area contributed by atoms with Gasteiger partial charge in [0.2, 0.25) is 15.9 Å². The number of hydrogen-bond donors (Lipinski definition) is 0. The standard InChI is InChI=1S/C26H30N2O3S2/c1-22(2)18-28(33(30,31)17-15-23-10-5-3-6-11-23)21-26(29)27(20-25-14-9-16-32-25)19-24-12-7-4-8-13-24/h3-17,22H,18-21H2,1-2H3. The summed E-state index contributed by atoms with van der Waals surface area (Å²) in [6.45, 7) is 4.83. The molecule has 2 aromatic carbocycles. The summed E-state index contributed by atoms with van der Waals surface area (Å²) in [6, 6.07) is 23.0. The van der Waals surface area contributed by atoms with Crippen molar-refractivity contribution in [2.24, 2.45) is 5.92 Å². The fourth-order valence-electron chi connectivity index (χ4n) is 3.36. The zero-order valence-electron chi connectivity index (χ0n) is 19.0. The van der Waals surface area contributed by atoms with Gasteiger partial charge < -0.3 is 4.90 Å². The molecule has 0 spiro atoms. The fraction of sp³-hybridized carbons (Fsp3) is 0.269. The van der Waals surface area contributed by atoms with E-state index in [-0.39, 0.29) is 24.9 Å². The van der Waals surface area contributed by atoms with Crippen LogP contribution < -0.4 is 0 Å². The van der Waals surface area contributed by atoms with Crippen LogP contribution in [0.3, 0.4) is 0 Å². The van der Waals surface area contributed by atoms with Crippen LogP contribution in [0, 0.1) is 5.92 Å². The van der Waals surface area contributed by atoms with Crippen LogP contribution in [-0.4, -0.2) is 36.6 Å². The molecule has 0 aliphatic carbocycles. The number of sulfonamides is 1. The molecule has 1 heterocycles. The number of carbonyl (C=O) groups excluding carboxylic acids is 1. The van der Waals surface area contributed by atoms with Gasteiger partial charge in [0.15, 0.2) is 0 Å². The van der Waals surface area contributed by atoms with Gasteiger partial charge in [-0.25, -0.2) is 8.42 Å². The number of nitrogens with zero attached hydrogens (tertiary/aromatic N) is 2. The van der Waals surface area contributed by atoms with E-state index in [1.165, 1.54) is 9.71 Å². The highest BCUT2D eigenvalue weighted by molar-refractivity contribution is 7.92. The number of carbonyl (C=O) groups is 1. The Labute approximate surface area is 201 Å². The van der Waals surface area contributed by atoms with E-state index in [4.69, 9.17) is 0 Å². The molecular weight excluding hydrogens is 452 g/mol. The second kappa shape index (κ2) is 11.9. The SMILES string of the molecule is CC(C)CN(CC(=O)N(Cc1ccccc1)Cc1cccs1)S(=O)(=O)C=Cc1ccccc1. The first-order valence-corrected chi connectivity index (χ1v) is 13.3. The van der Waals surface area contributed by atoms with Gasteiger partial charge >= 0.3 is 0 Å². The Morgan fingerprint density at radius 2 is 1.61 bits per heavy atom. The number of amides is 1. The minimum atomic E-state index is -3.77. The molecule has 0 saturated heterocycles. The summed E-state index contributed by atoms with van der Waals surface area (Å²) in [5.74, 6) is -0.137. The van der Waals surface area contributed by atoms with Gasteiger partial charge in [-0.1, -0.05) is 80.6 Å². The van der Waals surface area contributed by atoms with Crippen LogP contribution in [0.2, 0.25) is 0 Å². The Morgan fingerprint density at radius 1 is 0.939 bits per heavy atom. The normalized spacial score (nSPS) is 12.0. The van der Waals surface area contributed by atoms with E-state index in [2.05, 4.69) is 0 Å². The summed E-state index contributed by atoms with van der Waals surface area (Å²) in [7, 11) is -3.77. The van der Waals surface area contributed by atoms with Crippen molar-refractivity contribution in [3.05, 3.63) is 99.6 Å². The molecule has 0 unspecified atom stereocenters. The van der Waals surface area contributed by atoms with Gasteiger partial charge in [-0.2, -0.15) is 4.31 Å². The summed E-state index contributed by atoms with van der Waals surface area (Å²) in [5, 5.41) is 3.17. The lowest BCUT2D eigenvalue weighted by Gasteiger charge is -2.27. The molecule has 1 amide bonds. The third kappa shape index (κ3) is 7.96. The van der Waals surface area contributed by atoms with E-state index >= 15 is 0 Å². The second-order valence-electron chi connectivity index (χ2n) is 8.26. The lowest BCUT2D eigenvalue weighted by Crippen LogP contribution is -2.43. The maximum atomic E-state index is 13.4. The van der Waals surface area contributed by atoms with Crippen molar-refractivity contribution in [1.29, 1.82) is 0 Å². The number of rotatable bonds is 11. The van der Waals surface area contributed by atoms with Gasteiger partial charge in [-0.05, 0) is 34.6 Å². The van der Waals surface area contributed by atoms with Crippen molar-refractivity contribution in [2.45, 2.75) is 26.9 Å². The van der Waals surface area contributed by atoms with Gasteiger partial charge in [0.1, 0.15) is 0 Å². The highest BCUT2D eigenvalue weighted by Crippen LogP contribution is 2.17. The molecule has 5 nitrogen and oxygen atoms in total. The molecule has 174 valence electrons. The summed E-state index contributed by atoms with van der Waals surface area (Å²) in [6.07, 6.45) is 1.57. The Bertz CT molecular complexity index is 1130. The average molecular weight is 483 g/mol. The minimum absolute atomic E-state index is 0.0811. The highest BCUT2D eigenvalue weighted by atomic mass is 32.2. The minimum Gasteiger partial charge on any atom is -0.332 e. The predicted octanol–water partition coefficient (Wildman–Crippen LogP) is 5.24. The van der Waals surface area contributed by atoms with E-state index in [1.54, 1.807) is 22.3 Å². The zero-order valence-corrected chi connectivity index (χ0v) is 20.6. The summed E-state index contributed by atoms with van der Waals surface area (Å²) >= 11 is 1.58. The summed E-state index contributed by atoms with van der Waals surface area (Å²) in [5.41, 5.74) is 1.80. The first-order valence-electron chi connectivity index (χ1n) is 10.9. The number of thiophene rings is 1. The van der Waals surface area contributed by atoms with E-state index in [0.29, 0.717) is 13.1 Å². The Morgan fingerprint density at radius 3 is 2.21 bits per heavy atom. The first-order chi connectivity index (χ1) is 15.8. The first kappa shape index (κ1) is 24.9. The monoisotopic (exact) mass is 482 g/mol. The zero-order chi connectivity index (χ0) is 23.7. The molecule has 0 fully saturated rings. The Balaban J connectivity index is 1.81. The molecule has 0 atom stereocenters. The third-order valence-electron chi connectivity index (χ3n) is 4.97. The lowest BCUT2D eigenvalue weighted by molar-refractivity contribution is -0.132. The molecule has 33 heavy (non-hydrogen) atoms. The van der Waals surface area contributed by atoms with Crippen LogP contribution in [0.5, 0.6) is 0 Å². The van der Waals surface area contributed by atoms with E-state index in [0.717, 1.165) is 16.0 Å². The Kier molecular flexibility index (Phi) is 9.00. The molecule has 0 radical (unpaired) electrons. The topological polar surface area (TPSA) is 57.7 Å². The van der Waals surface area contributed by atoms with Crippen molar-refractivity contribution < 1.29 is 13.2 Å². The van der Waals surface area contributed by atoms with Gasteiger partial charge in [-0.15, -0.1) is 11.3 Å². The van der Waals surface area contributed by atoms with Crippen molar-refractivity contribution in [3.63, 3.8) is 0 Å². The van der Waals surface area contributed by atoms with Gasteiger partial charge in [0.05, 0.1) is 13.1 Å². The molecule has 0 aliphatic rings. The molecule has 1 aromatic heterocycles. The summed E-state index contributed by atoms with van der Waals surface area (Å²) in [4.78, 5) is 16.2. The maximum absolute atomic E-state index is 13.4. The largest absolute Gasteiger partial charge is 0.332 e. The van der Waals surface area contributed by atoms with Gasteiger partial charge in [0, 0.05) is 23.4 Å². The highest BCUT2D eigenvalue weighted by Gasteiger charge is 2.26. The smallest absolute Gasteiger partial charge is 0.238 e. The predicted molar refractivity (Wildman–Crippen MR) is 136 cm³/mol. The lowest BCUT2D eigenvalue weighted by atomic mass is 10.2. The quantitative estimate of drug-likeness (QED) is 0.376. The molecule has 0 aliphatic heterocycles. The van der Waals surface area contributed by atoms with Crippen molar-refractivity contribution in [3.8, 4) is 0 Å². The van der Waals surface area contributed by atoms with Crippen molar-refractivity contribution in [2.75, 3.05) is 13.1 Å². The van der Waals surface area contributed by atoms with Gasteiger partial charge in [0.25, 0.3) is 0 Å². The molecule has 0 bridgehead atoms. The molecular formula is C26H30N2O3S2. The van der Waals surface area contributed by atoms with E-state index < -0.39 is 10.0 Å². The van der Waals surface area contributed by atoms with Gasteiger partial charge in [-0.3, -0.25) is 4.79 Å². The maximum Gasteiger partial charge on any atom is 0.238 e. The average Bonchev–Trinajstić information content (AvgIpc) is 3.31. The third-order valence-corrected chi connectivity index (χ3v) is 7.31. The molecule has 0 N–H and O–H groups in total. The van der Waals surface area contributed by atoms with Crippen LogP contribution in [0.4, 0.5) is 0 Å². The van der Waals surface area contributed by atoms with Crippen molar-refractivity contribution >= 4 is 33.3 Å². The molecule has 0 saturated carbocycles. The van der Waals surface area contributed by atoms with Crippen LogP contribution >= 0.6 is 11.3 Å². The number of benzene rings is 2.